The summed E-state index contributed by atoms with van der Waals surface area (Å²) in [6.45, 7) is 3.05. The molecule has 44 heavy (non-hydrogen) atoms. The van der Waals surface area contributed by atoms with E-state index < -0.39 is 12.2 Å². The van der Waals surface area contributed by atoms with Crippen molar-refractivity contribution in [2.45, 2.75) is 70.3 Å². The molecular weight excluding hydrogens is 579 g/mol. The highest BCUT2D eigenvalue weighted by Gasteiger charge is 2.39. The van der Waals surface area contributed by atoms with Crippen LogP contribution in [-0.4, -0.2) is 46.7 Å². The number of nitrogens with zero attached hydrogens (tertiary/aromatic N) is 4. The topological polar surface area (TPSA) is 50.1 Å². The van der Waals surface area contributed by atoms with Crippen molar-refractivity contribution in [2.75, 3.05) is 22.9 Å². The SMILES string of the molecule is CCc1nc2cc(F)ccn2c1C(=O)CCc1ccc(N2CCN(c3ccc(OC(F)(F)F)cc3)[C@H]3CCCC[C@@H]32)c(F)c1. The Bertz CT molecular complexity index is 1650. The molecule has 0 amide bonds. The van der Waals surface area contributed by atoms with Crippen molar-refractivity contribution in [3.63, 3.8) is 0 Å². The molecule has 232 valence electrons. The number of aromatic nitrogens is 2. The number of fused-ring (bicyclic) bond motifs is 2. The molecule has 1 aliphatic heterocycles. The highest BCUT2D eigenvalue weighted by Crippen LogP contribution is 2.38. The van der Waals surface area contributed by atoms with Gasteiger partial charge >= 0.3 is 6.36 Å². The molecule has 1 aliphatic carbocycles. The summed E-state index contributed by atoms with van der Waals surface area (Å²) < 4.78 is 72.8. The number of ketones is 1. The maximum absolute atomic E-state index is 15.7. The summed E-state index contributed by atoms with van der Waals surface area (Å²) >= 11 is 0. The van der Waals surface area contributed by atoms with Gasteiger partial charge in [-0.3, -0.25) is 9.20 Å². The number of carbonyl (C=O) groups excluding carboxylic acids is 1. The molecule has 4 aromatic rings. The number of carbonyl (C=O) groups is 1. The minimum atomic E-state index is -4.74. The van der Waals surface area contributed by atoms with Gasteiger partial charge in [-0.05, 0) is 73.7 Å². The predicted octanol–water partition coefficient (Wildman–Crippen LogP) is 7.53. The van der Waals surface area contributed by atoms with Crippen molar-refractivity contribution >= 4 is 22.8 Å². The third kappa shape index (κ3) is 6.09. The monoisotopic (exact) mass is 612 g/mol. The van der Waals surface area contributed by atoms with Gasteiger partial charge < -0.3 is 14.5 Å². The molecule has 2 atom stereocenters. The number of pyridine rings is 1. The molecular formula is C33H33F5N4O2. The first-order valence-corrected chi connectivity index (χ1v) is 15.0. The van der Waals surface area contributed by atoms with E-state index in [0.717, 1.165) is 31.4 Å². The summed E-state index contributed by atoms with van der Waals surface area (Å²) in [6.07, 6.45) is 1.63. The number of halogens is 5. The number of anilines is 2. The van der Waals surface area contributed by atoms with Crippen LogP contribution in [0.1, 0.15) is 60.8 Å². The Morgan fingerprint density at radius 1 is 0.955 bits per heavy atom. The number of rotatable bonds is 8. The number of alkyl halides is 3. The van der Waals surface area contributed by atoms with Gasteiger partial charge in [-0.2, -0.15) is 0 Å². The lowest BCUT2D eigenvalue weighted by molar-refractivity contribution is -0.274. The first-order chi connectivity index (χ1) is 21.1. The minimum absolute atomic E-state index is 0.0537. The summed E-state index contributed by atoms with van der Waals surface area (Å²) in [4.78, 5) is 22.0. The standard InChI is InChI=1S/C33H33F5N4O2/c1-2-26-32(42-16-15-22(34)20-31(42)39-26)30(43)14-8-21-7-13-27(25(35)19-21)41-18-17-40(28-5-3-4-6-29(28)41)23-9-11-24(12-10-23)44-33(36,37)38/h7,9-13,15-16,19-20,28-29H,2-6,8,14,17-18H2,1H3/t28-,29-/m0/s1. The van der Waals surface area contributed by atoms with Crippen molar-refractivity contribution in [3.05, 3.63) is 89.4 Å². The fourth-order valence-electron chi connectivity index (χ4n) is 6.75. The maximum atomic E-state index is 15.7. The van der Waals surface area contributed by atoms with Gasteiger partial charge in [-0.25, -0.2) is 13.8 Å². The van der Waals surface area contributed by atoms with Crippen molar-refractivity contribution in [2.24, 2.45) is 0 Å². The van der Waals surface area contributed by atoms with Gasteiger partial charge in [0.1, 0.15) is 28.7 Å². The van der Waals surface area contributed by atoms with Gasteiger partial charge in [0, 0.05) is 49.5 Å². The first kappa shape index (κ1) is 29.9. The van der Waals surface area contributed by atoms with Gasteiger partial charge in [0.25, 0.3) is 0 Å². The number of hydrogen-bond acceptors (Lipinski definition) is 5. The molecule has 2 aromatic carbocycles. The number of ether oxygens (including phenoxy) is 1. The van der Waals surface area contributed by atoms with Crippen LogP contribution in [0.15, 0.2) is 60.8 Å². The van der Waals surface area contributed by atoms with Crippen molar-refractivity contribution in [1.82, 2.24) is 9.38 Å². The molecule has 0 spiro atoms. The van der Waals surface area contributed by atoms with E-state index in [0.29, 0.717) is 54.2 Å². The Labute approximate surface area is 252 Å². The predicted molar refractivity (Wildman–Crippen MR) is 157 cm³/mol. The lowest BCUT2D eigenvalue weighted by Gasteiger charge is -2.52. The number of hydrogen-bond donors (Lipinski definition) is 0. The quantitative estimate of drug-likeness (QED) is 0.152. The van der Waals surface area contributed by atoms with Crippen LogP contribution in [0.2, 0.25) is 0 Å². The highest BCUT2D eigenvalue weighted by atomic mass is 19.4. The number of piperazine rings is 1. The molecule has 2 fully saturated rings. The summed E-state index contributed by atoms with van der Waals surface area (Å²) in [7, 11) is 0. The minimum Gasteiger partial charge on any atom is -0.406 e. The van der Waals surface area contributed by atoms with E-state index >= 15 is 4.39 Å². The number of Topliss-reactive ketones (excluding diaryl/α,β-unsaturated/α-hetero) is 1. The average Bonchev–Trinajstić information content (AvgIpc) is 3.37. The van der Waals surface area contributed by atoms with E-state index in [2.05, 4.69) is 19.5 Å². The van der Waals surface area contributed by atoms with Crippen molar-refractivity contribution < 1.29 is 31.5 Å². The molecule has 0 unspecified atom stereocenters. The van der Waals surface area contributed by atoms with Crippen LogP contribution in [-0.2, 0) is 12.8 Å². The molecule has 0 N–H and O–H groups in total. The second-order valence-electron chi connectivity index (χ2n) is 11.4. The lowest BCUT2D eigenvalue weighted by atomic mass is 9.85. The molecule has 0 radical (unpaired) electrons. The average molecular weight is 613 g/mol. The van der Waals surface area contributed by atoms with Crippen molar-refractivity contribution in [3.8, 4) is 5.75 Å². The summed E-state index contributed by atoms with van der Waals surface area (Å²) in [5, 5.41) is 0. The number of aryl methyl sites for hydroxylation is 2. The Morgan fingerprint density at radius 3 is 2.34 bits per heavy atom. The van der Waals surface area contributed by atoms with Crippen LogP contribution < -0.4 is 14.5 Å². The third-order valence-corrected chi connectivity index (χ3v) is 8.70. The van der Waals surface area contributed by atoms with Crippen LogP contribution in [0.25, 0.3) is 5.65 Å². The van der Waals surface area contributed by atoms with Crippen LogP contribution in [0.5, 0.6) is 5.75 Å². The highest BCUT2D eigenvalue weighted by molar-refractivity contribution is 5.96. The zero-order valence-corrected chi connectivity index (χ0v) is 24.3. The molecule has 6 nitrogen and oxygen atoms in total. The summed E-state index contributed by atoms with van der Waals surface area (Å²) in [6, 6.07) is 13.8. The molecule has 2 aliphatic rings. The van der Waals surface area contributed by atoms with Crippen LogP contribution >= 0.6 is 0 Å². The Hall–Kier alpha value is -4.15. The van der Waals surface area contributed by atoms with Crippen molar-refractivity contribution in [1.29, 1.82) is 0 Å². The summed E-state index contributed by atoms with van der Waals surface area (Å²) in [5.41, 5.74) is 3.46. The first-order valence-electron chi connectivity index (χ1n) is 15.0. The zero-order chi connectivity index (χ0) is 31.0. The van der Waals surface area contributed by atoms with Gasteiger partial charge in [0.2, 0.25) is 0 Å². The third-order valence-electron chi connectivity index (χ3n) is 8.70. The molecule has 3 heterocycles. The van der Waals surface area contributed by atoms with E-state index in [-0.39, 0.29) is 35.9 Å². The van der Waals surface area contributed by atoms with Crippen LogP contribution in [0, 0.1) is 11.6 Å². The van der Waals surface area contributed by atoms with Crippen LogP contribution in [0.3, 0.4) is 0 Å². The molecule has 6 rings (SSSR count). The van der Waals surface area contributed by atoms with E-state index in [1.807, 2.05) is 13.0 Å². The number of benzene rings is 2. The summed E-state index contributed by atoms with van der Waals surface area (Å²) in [5.74, 6) is -1.16. The van der Waals surface area contributed by atoms with Crippen LogP contribution in [0.4, 0.5) is 33.3 Å². The van der Waals surface area contributed by atoms with E-state index in [1.54, 1.807) is 22.6 Å². The van der Waals surface area contributed by atoms with E-state index in [1.165, 1.54) is 36.5 Å². The molecule has 1 saturated carbocycles. The second kappa shape index (κ2) is 12.1. The van der Waals surface area contributed by atoms with E-state index in [9.17, 15) is 22.4 Å². The molecule has 2 aromatic heterocycles. The van der Waals surface area contributed by atoms with E-state index in [4.69, 9.17) is 0 Å². The van der Waals surface area contributed by atoms with Gasteiger partial charge in [-0.1, -0.05) is 25.8 Å². The Kier molecular flexibility index (Phi) is 8.22. The zero-order valence-electron chi connectivity index (χ0n) is 24.3. The molecule has 0 bridgehead atoms. The fraction of sp³-hybridized carbons (Fsp3) is 0.394. The smallest absolute Gasteiger partial charge is 0.406 e. The van der Waals surface area contributed by atoms with Gasteiger partial charge in [-0.15, -0.1) is 13.2 Å². The van der Waals surface area contributed by atoms with Gasteiger partial charge in [0.05, 0.1) is 11.4 Å². The second-order valence-corrected chi connectivity index (χ2v) is 11.4. The Morgan fingerprint density at radius 2 is 1.66 bits per heavy atom. The molecule has 11 heteroatoms. The normalized spacial score (nSPS) is 18.9. The van der Waals surface area contributed by atoms with Gasteiger partial charge in [0.15, 0.2) is 5.78 Å². The number of imidazole rings is 1. The molecule has 1 saturated heterocycles. The Balaban J connectivity index is 1.15. The fourth-order valence-corrected chi connectivity index (χ4v) is 6.75. The largest absolute Gasteiger partial charge is 0.573 e. The maximum Gasteiger partial charge on any atom is 0.573 e. The lowest BCUT2D eigenvalue weighted by Crippen LogP contribution is -2.61.